The summed E-state index contributed by atoms with van der Waals surface area (Å²) < 4.78 is 16.7. The Morgan fingerprint density at radius 3 is 1.02 bits per heavy atom. The van der Waals surface area contributed by atoms with Gasteiger partial charge in [-0.2, -0.15) is 0 Å². The van der Waals surface area contributed by atoms with E-state index in [-0.39, 0.29) is 31.1 Å². The third-order valence-corrected chi connectivity index (χ3v) is 10.1. The summed E-state index contributed by atoms with van der Waals surface area (Å²) in [6, 6.07) is 0. The molecule has 0 aliphatic rings. The highest BCUT2D eigenvalue weighted by molar-refractivity contribution is 5.71. The summed E-state index contributed by atoms with van der Waals surface area (Å²) in [6.07, 6.45) is 61.4. The van der Waals surface area contributed by atoms with E-state index >= 15 is 0 Å². The molecule has 0 bridgehead atoms. The van der Waals surface area contributed by atoms with E-state index in [4.69, 9.17) is 14.2 Å². The number of ether oxygens (including phenoxy) is 3. The molecule has 0 aliphatic carbocycles. The molecular weight excluding hydrogens is 745 g/mol. The minimum atomic E-state index is -0.788. The number of rotatable bonds is 43. The fourth-order valence-electron chi connectivity index (χ4n) is 6.50. The molecule has 0 saturated carbocycles. The van der Waals surface area contributed by atoms with Crippen molar-refractivity contribution in [1.82, 2.24) is 0 Å². The van der Waals surface area contributed by atoms with Crippen LogP contribution in [0.25, 0.3) is 0 Å². The Hall–Kier alpha value is -3.41. The summed E-state index contributed by atoms with van der Waals surface area (Å²) >= 11 is 0. The molecule has 342 valence electrons. The first-order valence-electron chi connectivity index (χ1n) is 24.6. The molecule has 1 atom stereocenters. The first-order valence-corrected chi connectivity index (χ1v) is 24.6. The predicted molar refractivity (Wildman–Crippen MR) is 256 cm³/mol. The summed E-state index contributed by atoms with van der Waals surface area (Å²) in [5.41, 5.74) is 0. The number of hydrogen-bond donors (Lipinski definition) is 0. The SMILES string of the molecule is CC/C=C\C/C=C\C/C=C\C/C=C\CCCCCCCCC(=O)OCC(COC(=O)CCCCCCCCCC)OC(=O)CCCCCCC/C=C\C/C=C\C/C=C\CC. The average molecular weight is 835 g/mol. The molecule has 0 aromatic rings. The molecule has 6 heteroatoms. The molecule has 0 aromatic heterocycles. The molecule has 0 radical (unpaired) electrons. The van der Waals surface area contributed by atoms with Crippen LogP contribution in [0.5, 0.6) is 0 Å². The van der Waals surface area contributed by atoms with Gasteiger partial charge in [0.2, 0.25) is 0 Å². The highest BCUT2D eigenvalue weighted by Gasteiger charge is 2.19. The maximum absolute atomic E-state index is 12.7. The molecule has 0 aliphatic heterocycles. The van der Waals surface area contributed by atoms with Gasteiger partial charge < -0.3 is 14.2 Å². The largest absolute Gasteiger partial charge is 0.462 e. The van der Waals surface area contributed by atoms with Crippen molar-refractivity contribution < 1.29 is 28.6 Å². The standard InChI is InChI=1S/C54H90O6/c1-4-7-10-13-16-19-21-23-25-26-27-28-30-31-33-35-38-41-44-47-53(56)59-50-51(49-58-52(55)46-43-40-37-18-15-12-9-6-3)60-54(57)48-45-42-39-36-34-32-29-24-22-20-17-14-11-8-5-2/h7-8,10-11,16-17,19-20,23-25,27-29,51H,4-6,9,12-15,18,21-22,26,30-50H2,1-3H3/b10-7-,11-8-,19-16-,20-17-,25-23-,28-27-,29-24-. The Morgan fingerprint density at radius 2 is 0.650 bits per heavy atom. The van der Waals surface area contributed by atoms with Crippen LogP contribution in [-0.2, 0) is 28.6 Å². The lowest BCUT2D eigenvalue weighted by Crippen LogP contribution is -2.30. The van der Waals surface area contributed by atoms with Crippen LogP contribution in [0.1, 0.15) is 220 Å². The maximum Gasteiger partial charge on any atom is 0.306 e. The Balaban J connectivity index is 4.36. The second-order valence-electron chi connectivity index (χ2n) is 16.0. The number of allylic oxidation sites excluding steroid dienone is 14. The maximum atomic E-state index is 12.7. The lowest BCUT2D eigenvalue weighted by molar-refractivity contribution is -0.167. The summed E-state index contributed by atoms with van der Waals surface area (Å²) in [7, 11) is 0. The van der Waals surface area contributed by atoms with Gasteiger partial charge in [0.05, 0.1) is 0 Å². The zero-order valence-electron chi connectivity index (χ0n) is 38.9. The molecule has 0 spiro atoms. The van der Waals surface area contributed by atoms with Gasteiger partial charge in [0.25, 0.3) is 0 Å². The highest BCUT2D eigenvalue weighted by Crippen LogP contribution is 2.13. The summed E-state index contributed by atoms with van der Waals surface area (Å²) in [5.74, 6) is -0.928. The van der Waals surface area contributed by atoms with E-state index in [1.165, 1.54) is 44.9 Å². The van der Waals surface area contributed by atoms with E-state index in [9.17, 15) is 14.4 Å². The van der Waals surface area contributed by atoms with Crippen LogP contribution >= 0.6 is 0 Å². The normalized spacial score (nSPS) is 12.8. The highest BCUT2D eigenvalue weighted by atomic mass is 16.6. The van der Waals surface area contributed by atoms with E-state index in [2.05, 4.69) is 106 Å². The van der Waals surface area contributed by atoms with Gasteiger partial charge in [-0.05, 0) is 89.9 Å². The summed E-state index contributed by atoms with van der Waals surface area (Å²) in [6.45, 7) is 6.34. The van der Waals surface area contributed by atoms with Crippen LogP contribution in [0.4, 0.5) is 0 Å². The smallest absolute Gasteiger partial charge is 0.306 e. The minimum absolute atomic E-state index is 0.0883. The molecule has 0 aromatic carbocycles. The number of esters is 3. The molecule has 6 nitrogen and oxygen atoms in total. The minimum Gasteiger partial charge on any atom is -0.462 e. The zero-order valence-corrected chi connectivity index (χ0v) is 38.9. The fraction of sp³-hybridized carbons (Fsp3) is 0.685. The van der Waals surface area contributed by atoms with Gasteiger partial charge in [-0.25, -0.2) is 0 Å². The van der Waals surface area contributed by atoms with Crippen molar-refractivity contribution in [3.8, 4) is 0 Å². The predicted octanol–water partition coefficient (Wildman–Crippen LogP) is 16.0. The summed E-state index contributed by atoms with van der Waals surface area (Å²) in [4.78, 5) is 37.8. The quantitative estimate of drug-likeness (QED) is 0.0263. The van der Waals surface area contributed by atoms with E-state index in [1.54, 1.807) is 0 Å². The van der Waals surface area contributed by atoms with Crippen molar-refractivity contribution in [3.05, 3.63) is 85.1 Å². The van der Waals surface area contributed by atoms with Crippen LogP contribution in [0.2, 0.25) is 0 Å². The average Bonchev–Trinajstić information content (AvgIpc) is 3.24. The van der Waals surface area contributed by atoms with Gasteiger partial charge in [-0.1, -0.05) is 196 Å². The number of carbonyl (C=O) groups is 3. The van der Waals surface area contributed by atoms with Crippen LogP contribution in [0.15, 0.2) is 85.1 Å². The van der Waals surface area contributed by atoms with Crippen LogP contribution in [-0.4, -0.2) is 37.2 Å². The van der Waals surface area contributed by atoms with Crippen molar-refractivity contribution in [2.24, 2.45) is 0 Å². The van der Waals surface area contributed by atoms with Crippen molar-refractivity contribution in [1.29, 1.82) is 0 Å². The second-order valence-corrected chi connectivity index (χ2v) is 16.0. The zero-order chi connectivity index (χ0) is 43.7. The molecule has 0 fully saturated rings. The molecular formula is C54H90O6. The van der Waals surface area contributed by atoms with Crippen LogP contribution in [0.3, 0.4) is 0 Å². The van der Waals surface area contributed by atoms with Gasteiger partial charge >= 0.3 is 17.9 Å². The monoisotopic (exact) mass is 835 g/mol. The van der Waals surface area contributed by atoms with Gasteiger partial charge in [0.1, 0.15) is 13.2 Å². The fourth-order valence-corrected chi connectivity index (χ4v) is 6.50. The Morgan fingerprint density at radius 1 is 0.350 bits per heavy atom. The van der Waals surface area contributed by atoms with Crippen molar-refractivity contribution >= 4 is 17.9 Å². The molecule has 0 heterocycles. The van der Waals surface area contributed by atoms with E-state index in [0.29, 0.717) is 19.3 Å². The van der Waals surface area contributed by atoms with Gasteiger partial charge in [-0.3, -0.25) is 14.4 Å². The first-order chi connectivity index (χ1) is 29.5. The molecule has 0 saturated heterocycles. The third-order valence-electron chi connectivity index (χ3n) is 10.1. The molecule has 1 unspecified atom stereocenters. The van der Waals surface area contributed by atoms with Crippen molar-refractivity contribution in [2.45, 2.75) is 226 Å². The second kappa shape index (κ2) is 48.3. The van der Waals surface area contributed by atoms with Gasteiger partial charge in [0, 0.05) is 19.3 Å². The molecule has 0 N–H and O–H groups in total. The van der Waals surface area contributed by atoms with Gasteiger partial charge in [0.15, 0.2) is 6.10 Å². The van der Waals surface area contributed by atoms with E-state index < -0.39 is 6.10 Å². The van der Waals surface area contributed by atoms with Crippen molar-refractivity contribution in [3.63, 3.8) is 0 Å². The number of carbonyl (C=O) groups excluding carboxylic acids is 3. The Bertz CT molecular complexity index is 1190. The Kier molecular flexibility index (Phi) is 45.5. The van der Waals surface area contributed by atoms with E-state index in [0.717, 1.165) is 135 Å². The van der Waals surface area contributed by atoms with Gasteiger partial charge in [-0.15, -0.1) is 0 Å². The first kappa shape index (κ1) is 56.6. The van der Waals surface area contributed by atoms with Crippen LogP contribution < -0.4 is 0 Å². The van der Waals surface area contributed by atoms with Crippen LogP contribution in [0, 0.1) is 0 Å². The van der Waals surface area contributed by atoms with Crippen molar-refractivity contribution in [2.75, 3.05) is 13.2 Å². The molecule has 60 heavy (non-hydrogen) atoms. The molecule has 0 amide bonds. The van der Waals surface area contributed by atoms with E-state index in [1.807, 2.05) is 0 Å². The number of hydrogen-bond acceptors (Lipinski definition) is 6. The Labute approximate surface area is 369 Å². The topological polar surface area (TPSA) is 78.9 Å². The lowest BCUT2D eigenvalue weighted by Gasteiger charge is -2.18. The number of unbranched alkanes of at least 4 members (excludes halogenated alkanes) is 18. The molecule has 0 rings (SSSR count). The lowest BCUT2D eigenvalue weighted by atomic mass is 10.1. The third kappa shape index (κ3) is 45.7. The summed E-state index contributed by atoms with van der Waals surface area (Å²) in [5, 5.41) is 0.